The van der Waals surface area contributed by atoms with Gasteiger partial charge in [-0.3, -0.25) is 0 Å². The summed E-state index contributed by atoms with van der Waals surface area (Å²) in [4.78, 5) is 0. The van der Waals surface area contributed by atoms with Crippen LogP contribution in [0.25, 0.3) is 0 Å². The Morgan fingerprint density at radius 3 is 2.21 bits per heavy atom. The van der Waals surface area contributed by atoms with Crippen molar-refractivity contribution in [2.24, 2.45) is 0 Å². The molecule has 0 N–H and O–H groups in total. The van der Waals surface area contributed by atoms with E-state index in [2.05, 4.69) is 57.5 Å². The van der Waals surface area contributed by atoms with Crippen LogP contribution >= 0.6 is 31.9 Å². The SMILES string of the molecule is CCCCC#CC(CCCC)=C(Br)Br. The normalized spacial score (nSPS) is 9.14. The lowest BCUT2D eigenvalue weighted by atomic mass is 10.1. The molecule has 0 aliphatic heterocycles. The predicted octanol–water partition coefficient (Wildman–Crippen LogP) is 5.37. The molecule has 0 aromatic carbocycles. The highest BCUT2D eigenvalue weighted by Crippen LogP contribution is 2.22. The van der Waals surface area contributed by atoms with Gasteiger partial charge in [-0.15, -0.1) is 0 Å². The number of hydrogen-bond donors (Lipinski definition) is 0. The first-order valence-corrected chi connectivity index (χ1v) is 6.84. The summed E-state index contributed by atoms with van der Waals surface area (Å²) >= 11 is 6.87. The van der Waals surface area contributed by atoms with Gasteiger partial charge < -0.3 is 0 Å². The minimum Gasteiger partial charge on any atom is -0.0982 e. The molecule has 0 rings (SSSR count). The maximum Gasteiger partial charge on any atom is 0.0719 e. The molecule has 0 bridgehead atoms. The fourth-order valence-electron chi connectivity index (χ4n) is 0.992. The van der Waals surface area contributed by atoms with E-state index >= 15 is 0 Å². The summed E-state index contributed by atoms with van der Waals surface area (Å²) in [6, 6.07) is 0. The Balaban J connectivity index is 4.08. The first kappa shape index (κ1) is 14.3. The number of halogens is 2. The van der Waals surface area contributed by atoms with Gasteiger partial charge in [0.1, 0.15) is 0 Å². The fraction of sp³-hybridized carbons (Fsp3) is 0.667. The zero-order valence-electron chi connectivity index (χ0n) is 9.00. The van der Waals surface area contributed by atoms with Crippen molar-refractivity contribution >= 4 is 31.9 Å². The van der Waals surface area contributed by atoms with Crippen molar-refractivity contribution in [3.8, 4) is 11.8 Å². The fourth-order valence-corrected chi connectivity index (χ4v) is 1.59. The molecule has 0 radical (unpaired) electrons. The Hall–Kier alpha value is 0.260. The van der Waals surface area contributed by atoms with Crippen LogP contribution in [0.2, 0.25) is 0 Å². The maximum absolute atomic E-state index is 3.43. The summed E-state index contributed by atoms with van der Waals surface area (Å²) in [5, 5.41) is 0. The van der Waals surface area contributed by atoms with E-state index in [4.69, 9.17) is 0 Å². The molecule has 0 unspecified atom stereocenters. The van der Waals surface area contributed by atoms with Gasteiger partial charge in [0.2, 0.25) is 0 Å². The first-order valence-electron chi connectivity index (χ1n) is 5.25. The molecule has 0 fully saturated rings. The molecule has 0 saturated carbocycles. The molecule has 0 aromatic rings. The molecule has 2 heteroatoms. The molecule has 0 saturated heterocycles. The lowest BCUT2D eigenvalue weighted by molar-refractivity contribution is 0.800. The standard InChI is InChI=1S/C12H18Br2/c1-3-5-7-8-10-11(12(13)14)9-6-4-2/h3-7,9H2,1-2H3. The van der Waals surface area contributed by atoms with Gasteiger partial charge in [-0.1, -0.05) is 38.5 Å². The van der Waals surface area contributed by atoms with Crippen molar-refractivity contribution in [2.45, 2.75) is 52.4 Å². The first-order chi connectivity index (χ1) is 6.72. The van der Waals surface area contributed by atoms with Crippen molar-refractivity contribution in [2.75, 3.05) is 0 Å². The quantitative estimate of drug-likeness (QED) is 0.471. The van der Waals surface area contributed by atoms with Gasteiger partial charge in [-0.25, -0.2) is 0 Å². The third-order valence-electron chi connectivity index (χ3n) is 1.90. The highest BCUT2D eigenvalue weighted by molar-refractivity contribution is 9.28. The summed E-state index contributed by atoms with van der Waals surface area (Å²) in [6.45, 7) is 4.39. The van der Waals surface area contributed by atoms with E-state index in [-0.39, 0.29) is 0 Å². The molecule has 14 heavy (non-hydrogen) atoms. The van der Waals surface area contributed by atoms with Gasteiger partial charge in [0.15, 0.2) is 0 Å². The zero-order valence-corrected chi connectivity index (χ0v) is 12.2. The minimum atomic E-state index is 1.01. The van der Waals surface area contributed by atoms with Crippen LogP contribution in [-0.2, 0) is 0 Å². The van der Waals surface area contributed by atoms with Crippen LogP contribution in [0.15, 0.2) is 8.96 Å². The topological polar surface area (TPSA) is 0 Å². The van der Waals surface area contributed by atoms with Crippen LogP contribution in [0.3, 0.4) is 0 Å². The van der Waals surface area contributed by atoms with Gasteiger partial charge in [-0.2, -0.15) is 0 Å². The van der Waals surface area contributed by atoms with Crippen molar-refractivity contribution in [3.05, 3.63) is 8.96 Å². The molecule has 0 heterocycles. The maximum atomic E-state index is 3.43. The van der Waals surface area contributed by atoms with E-state index in [0.29, 0.717) is 0 Å². The summed E-state index contributed by atoms with van der Waals surface area (Å²) < 4.78 is 1.02. The van der Waals surface area contributed by atoms with E-state index in [1.807, 2.05) is 0 Å². The Kier molecular flexibility index (Phi) is 9.98. The highest BCUT2D eigenvalue weighted by Gasteiger charge is 1.97. The molecule has 0 aromatic heterocycles. The second-order valence-corrected chi connectivity index (χ2v) is 5.90. The van der Waals surface area contributed by atoms with Gasteiger partial charge in [0.25, 0.3) is 0 Å². The number of unbranched alkanes of at least 4 members (excludes halogenated alkanes) is 3. The molecular weight excluding hydrogens is 304 g/mol. The smallest absolute Gasteiger partial charge is 0.0719 e. The van der Waals surface area contributed by atoms with E-state index in [1.54, 1.807) is 0 Å². The van der Waals surface area contributed by atoms with Crippen molar-refractivity contribution in [3.63, 3.8) is 0 Å². The predicted molar refractivity (Wildman–Crippen MR) is 71.7 cm³/mol. The van der Waals surface area contributed by atoms with Gasteiger partial charge >= 0.3 is 0 Å². The monoisotopic (exact) mass is 320 g/mol. The van der Waals surface area contributed by atoms with Crippen LogP contribution in [0.5, 0.6) is 0 Å². The lowest BCUT2D eigenvalue weighted by Crippen LogP contribution is -1.81. The van der Waals surface area contributed by atoms with Crippen LogP contribution in [0.4, 0.5) is 0 Å². The second kappa shape index (κ2) is 9.80. The molecule has 0 amide bonds. The van der Waals surface area contributed by atoms with Crippen molar-refractivity contribution < 1.29 is 0 Å². The van der Waals surface area contributed by atoms with E-state index in [0.717, 1.165) is 16.2 Å². The van der Waals surface area contributed by atoms with E-state index < -0.39 is 0 Å². The average Bonchev–Trinajstić information content (AvgIpc) is 2.16. The summed E-state index contributed by atoms with van der Waals surface area (Å²) in [5.41, 5.74) is 1.20. The molecule has 0 atom stereocenters. The van der Waals surface area contributed by atoms with E-state index in [1.165, 1.54) is 31.3 Å². The third kappa shape index (κ3) is 7.64. The average molecular weight is 322 g/mol. The molecular formula is C12H18Br2. The second-order valence-electron chi connectivity index (χ2n) is 3.25. The summed E-state index contributed by atoms with van der Waals surface area (Å²) in [6.07, 6.45) is 6.93. The molecule has 0 spiro atoms. The molecule has 0 nitrogen and oxygen atoms in total. The van der Waals surface area contributed by atoms with Crippen LogP contribution in [0.1, 0.15) is 52.4 Å². The number of rotatable bonds is 5. The summed E-state index contributed by atoms with van der Waals surface area (Å²) in [7, 11) is 0. The Bertz CT molecular complexity index is 226. The van der Waals surface area contributed by atoms with Gasteiger partial charge in [0.05, 0.1) is 3.39 Å². The van der Waals surface area contributed by atoms with Gasteiger partial charge in [-0.05, 0) is 51.1 Å². The van der Waals surface area contributed by atoms with Crippen LogP contribution < -0.4 is 0 Å². The molecule has 0 aliphatic rings. The van der Waals surface area contributed by atoms with Crippen LogP contribution in [0, 0.1) is 11.8 Å². The highest BCUT2D eigenvalue weighted by atomic mass is 79.9. The Morgan fingerprint density at radius 1 is 1.07 bits per heavy atom. The summed E-state index contributed by atoms with van der Waals surface area (Å²) in [5.74, 6) is 6.43. The minimum absolute atomic E-state index is 1.01. The molecule has 80 valence electrons. The lowest BCUT2D eigenvalue weighted by Gasteiger charge is -1.98. The third-order valence-corrected chi connectivity index (χ3v) is 2.86. The largest absolute Gasteiger partial charge is 0.0982 e. The number of allylic oxidation sites excluding steroid dienone is 1. The van der Waals surface area contributed by atoms with Crippen molar-refractivity contribution in [1.82, 2.24) is 0 Å². The van der Waals surface area contributed by atoms with Crippen molar-refractivity contribution in [1.29, 1.82) is 0 Å². The van der Waals surface area contributed by atoms with E-state index in [9.17, 15) is 0 Å². The number of hydrogen-bond acceptors (Lipinski definition) is 0. The van der Waals surface area contributed by atoms with Gasteiger partial charge in [0, 0.05) is 12.0 Å². The van der Waals surface area contributed by atoms with Crippen LogP contribution in [-0.4, -0.2) is 0 Å². The Labute approximate surface area is 105 Å². The Morgan fingerprint density at radius 2 is 1.71 bits per heavy atom. The molecule has 0 aliphatic carbocycles. The zero-order chi connectivity index (χ0) is 10.8.